The molecule has 2 amide bonds. The Bertz CT molecular complexity index is 636. The highest BCUT2D eigenvalue weighted by molar-refractivity contribution is 5.97. The van der Waals surface area contributed by atoms with Gasteiger partial charge in [-0.15, -0.1) is 0 Å². The molecule has 0 radical (unpaired) electrons. The molecule has 2 aromatic rings. The normalized spacial score (nSPS) is 11.7. The molecule has 0 saturated carbocycles. The number of hydrogen-bond acceptors (Lipinski definition) is 2. The van der Waals surface area contributed by atoms with Crippen molar-refractivity contribution < 1.29 is 9.59 Å². The lowest BCUT2D eigenvalue weighted by Gasteiger charge is -2.16. The van der Waals surface area contributed by atoms with Gasteiger partial charge >= 0.3 is 0 Å². The molecule has 1 atom stereocenters. The Morgan fingerprint density at radius 2 is 1.59 bits per heavy atom. The summed E-state index contributed by atoms with van der Waals surface area (Å²) in [5, 5.41) is 2.94. The number of primary amides is 1. The van der Waals surface area contributed by atoms with E-state index in [9.17, 15) is 9.59 Å². The van der Waals surface area contributed by atoms with Gasteiger partial charge in [-0.25, -0.2) is 0 Å². The zero-order valence-electron chi connectivity index (χ0n) is 12.6. The van der Waals surface area contributed by atoms with E-state index in [1.165, 1.54) is 5.56 Å². The zero-order chi connectivity index (χ0) is 15.9. The number of benzene rings is 2. The molecule has 0 fully saturated rings. The summed E-state index contributed by atoms with van der Waals surface area (Å²) in [6, 6.07) is 16.5. The molecule has 0 aliphatic rings. The predicted molar refractivity (Wildman–Crippen MR) is 86.8 cm³/mol. The first-order valence-corrected chi connectivity index (χ1v) is 7.34. The molecule has 22 heavy (non-hydrogen) atoms. The summed E-state index contributed by atoms with van der Waals surface area (Å²) in [5.41, 5.74) is 7.32. The van der Waals surface area contributed by atoms with Crippen LogP contribution in [-0.2, 0) is 0 Å². The van der Waals surface area contributed by atoms with Gasteiger partial charge in [0, 0.05) is 23.6 Å². The highest BCUT2D eigenvalue weighted by Crippen LogP contribution is 2.18. The van der Waals surface area contributed by atoms with Crippen molar-refractivity contribution in [2.45, 2.75) is 19.3 Å². The summed E-state index contributed by atoms with van der Waals surface area (Å²) in [6.07, 6.45) is 0.949. The lowest BCUT2D eigenvalue weighted by atomic mass is 9.96. The fraction of sp³-hybridized carbons (Fsp3) is 0.222. The molecular formula is C18H20N2O2. The van der Waals surface area contributed by atoms with Crippen molar-refractivity contribution in [2.24, 2.45) is 5.73 Å². The molecule has 4 nitrogen and oxygen atoms in total. The van der Waals surface area contributed by atoms with Crippen LogP contribution in [0.4, 0.5) is 0 Å². The number of carbonyl (C=O) groups is 2. The van der Waals surface area contributed by atoms with E-state index in [1.807, 2.05) is 18.2 Å². The van der Waals surface area contributed by atoms with Crippen molar-refractivity contribution in [2.75, 3.05) is 6.54 Å². The quantitative estimate of drug-likeness (QED) is 0.860. The Balaban J connectivity index is 1.98. The Hall–Kier alpha value is -2.62. The first-order valence-electron chi connectivity index (χ1n) is 7.34. The van der Waals surface area contributed by atoms with Crippen LogP contribution in [0.5, 0.6) is 0 Å². The van der Waals surface area contributed by atoms with Gasteiger partial charge in [0.25, 0.3) is 5.91 Å². The minimum absolute atomic E-state index is 0.148. The van der Waals surface area contributed by atoms with E-state index in [0.29, 0.717) is 17.7 Å². The third-order valence-electron chi connectivity index (χ3n) is 3.70. The molecule has 3 N–H and O–H groups in total. The Kier molecular flexibility index (Phi) is 5.31. The number of carbonyl (C=O) groups excluding carboxylic acids is 2. The van der Waals surface area contributed by atoms with Crippen LogP contribution in [0.1, 0.15) is 45.5 Å². The van der Waals surface area contributed by atoms with Crippen LogP contribution >= 0.6 is 0 Å². The Morgan fingerprint density at radius 1 is 1.00 bits per heavy atom. The van der Waals surface area contributed by atoms with Crippen molar-refractivity contribution in [1.29, 1.82) is 0 Å². The van der Waals surface area contributed by atoms with Gasteiger partial charge in [0.15, 0.2) is 0 Å². The van der Waals surface area contributed by atoms with Gasteiger partial charge < -0.3 is 11.1 Å². The van der Waals surface area contributed by atoms with Gasteiger partial charge in [0.1, 0.15) is 0 Å². The monoisotopic (exact) mass is 296 g/mol. The fourth-order valence-corrected chi connectivity index (χ4v) is 2.33. The molecule has 1 unspecified atom stereocenters. The first kappa shape index (κ1) is 15.8. The Morgan fingerprint density at radius 3 is 2.14 bits per heavy atom. The minimum atomic E-state index is -0.498. The SMILES string of the molecule is CCC(CNC(=O)c1ccc(C(N)=O)cc1)c1ccccc1. The van der Waals surface area contributed by atoms with Crippen LogP contribution in [0.25, 0.3) is 0 Å². The largest absolute Gasteiger partial charge is 0.366 e. The van der Waals surface area contributed by atoms with E-state index in [0.717, 1.165) is 6.42 Å². The average molecular weight is 296 g/mol. The van der Waals surface area contributed by atoms with Crippen LogP contribution in [0, 0.1) is 0 Å². The number of nitrogens with two attached hydrogens (primary N) is 1. The number of rotatable bonds is 6. The van der Waals surface area contributed by atoms with Gasteiger partial charge in [0.05, 0.1) is 0 Å². The van der Waals surface area contributed by atoms with E-state index in [-0.39, 0.29) is 11.8 Å². The zero-order valence-corrected chi connectivity index (χ0v) is 12.6. The maximum absolute atomic E-state index is 12.2. The standard InChI is InChI=1S/C18H20N2O2/c1-2-13(14-6-4-3-5-7-14)12-20-18(22)16-10-8-15(9-11-16)17(19)21/h3-11,13H,2,12H2,1H3,(H2,19,21)(H,20,22). The van der Waals surface area contributed by atoms with Gasteiger partial charge in [-0.2, -0.15) is 0 Å². The smallest absolute Gasteiger partial charge is 0.251 e. The minimum Gasteiger partial charge on any atom is -0.366 e. The van der Waals surface area contributed by atoms with Crippen molar-refractivity contribution in [3.05, 3.63) is 71.3 Å². The molecule has 4 heteroatoms. The summed E-state index contributed by atoms with van der Waals surface area (Å²) in [4.78, 5) is 23.2. The van der Waals surface area contributed by atoms with E-state index in [4.69, 9.17) is 5.73 Å². The topological polar surface area (TPSA) is 72.2 Å². The molecule has 0 heterocycles. The molecular weight excluding hydrogens is 276 g/mol. The van der Waals surface area contributed by atoms with Crippen molar-refractivity contribution in [1.82, 2.24) is 5.32 Å². The molecule has 114 valence electrons. The number of nitrogens with one attached hydrogen (secondary N) is 1. The summed E-state index contributed by atoms with van der Waals surface area (Å²) in [7, 11) is 0. The van der Waals surface area contributed by atoms with Gasteiger partial charge in [-0.05, 0) is 36.2 Å². The number of amides is 2. The van der Waals surface area contributed by atoms with E-state index >= 15 is 0 Å². The van der Waals surface area contributed by atoms with Crippen LogP contribution in [0.2, 0.25) is 0 Å². The van der Waals surface area contributed by atoms with Crippen LogP contribution in [0.3, 0.4) is 0 Å². The first-order chi connectivity index (χ1) is 10.6. The maximum atomic E-state index is 12.2. The number of hydrogen-bond donors (Lipinski definition) is 2. The van der Waals surface area contributed by atoms with Crippen LogP contribution in [0.15, 0.2) is 54.6 Å². The summed E-state index contributed by atoms with van der Waals surface area (Å²) in [6.45, 7) is 2.68. The van der Waals surface area contributed by atoms with Gasteiger partial charge in [0.2, 0.25) is 5.91 Å². The van der Waals surface area contributed by atoms with Crippen LogP contribution < -0.4 is 11.1 Å². The second-order valence-corrected chi connectivity index (χ2v) is 5.17. The summed E-state index contributed by atoms with van der Waals surface area (Å²) < 4.78 is 0. The molecule has 2 aromatic carbocycles. The third-order valence-corrected chi connectivity index (χ3v) is 3.70. The summed E-state index contributed by atoms with van der Waals surface area (Å²) >= 11 is 0. The highest BCUT2D eigenvalue weighted by atomic mass is 16.2. The van der Waals surface area contributed by atoms with Gasteiger partial charge in [-0.3, -0.25) is 9.59 Å². The molecule has 0 aliphatic heterocycles. The van der Waals surface area contributed by atoms with E-state index in [1.54, 1.807) is 24.3 Å². The average Bonchev–Trinajstić information content (AvgIpc) is 2.56. The molecule has 0 bridgehead atoms. The maximum Gasteiger partial charge on any atom is 0.251 e. The molecule has 0 saturated heterocycles. The van der Waals surface area contributed by atoms with Crippen molar-refractivity contribution in [3.63, 3.8) is 0 Å². The molecule has 0 aromatic heterocycles. The fourth-order valence-electron chi connectivity index (χ4n) is 2.33. The lowest BCUT2D eigenvalue weighted by Crippen LogP contribution is -2.28. The Labute approximate surface area is 130 Å². The second-order valence-electron chi connectivity index (χ2n) is 5.17. The van der Waals surface area contributed by atoms with Crippen molar-refractivity contribution in [3.8, 4) is 0 Å². The van der Waals surface area contributed by atoms with Crippen LogP contribution in [-0.4, -0.2) is 18.4 Å². The third kappa shape index (κ3) is 3.95. The predicted octanol–water partition coefficient (Wildman–Crippen LogP) is 2.71. The molecule has 0 spiro atoms. The van der Waals surface area contributed by atoms with Crippen molar-refractivity contribution >= 4 is 11.8 Å². The summed E-state index contributed by atoms with van der Waals surface area (Å²) in [5.74, 6) is -0.359. The molecule has 2 rings (SSSR count). The lowest BCUT2D eigenvalue weighted by molar-refractivity contribution is 0.0948. The second kappa shape index (κ2) is 7.41. The molecule has 0 aliphatic carbocycles. The highest BCUT2D eigenvalue weighted by Gasteiger charge is 2.12. The van der Waals surface area contributed by atoms with Gasteiger partial charge in [-0.1, -0.05) is 37.3 Å². The van der Waals surface area contributed by atoms with E-state index in [2.05, 4.69) is 24.4 Å². The van der Waals surface area contributed by atoms with E-state index < -0.39 is 5.91 Å².